The van der Waals surface area contributed by atoms with E-state index in [2.05, 4.69) is 37.1 Å². The van der Waals surface area contributed by atoms with Crippen molar-refractivity contribution in [2.24, 2.45) is 5.73 Å². The quantitative estimate of drug-likeness (QED) is 0.917. The molecule has 1 aliphatic rings. The van der Waals surface area contributed by atoms with Crippen LogP contribution in [0.1, 0.15) is 34.2 Å². The number of rotatable bonds is 2. The molecule has 2 atom stereocenters. The summed E-state index contributed by atoms with van der Waals surface area (Å²) in [6, 6.07) is 13.6. The molecule has 0 bridgehead atoms. The number of hydrogen-bond donors (Lipinski definition) is 1. The predicted molar refractivity (Wildman–Crippen MR) is 83.8 cm³/mol. The number of benzene rings is 2. The number of fused-ring (bicyclic) bond motifs is 1. The summed E-state index contributed by atoms with van der Waals surface area (Å²) < 4.78 is 13.2. The zero-order valence-electron chi connectivity index (χ0n) is 12.5. The van der Waals surface area contributed by atoms with Crippen LogP contribution in [0.3, 0.4) is 0 Å². The van der Waals surface area contributed by atoms with Gasteiger partial charge in [0.1, 0.15) is 5.82 Å². The van der Waals surface area contributed by atoms with Gasteiger partial charge in [0.15, 0.2) is 0 Å². The van der Waals surface area contributed by atoms with Gasteiger partial charge in [0.25, 0.3) is 0 Å². The highest BCUT2D eigenvalue weighted by Gasteiger charge is 2.31. The minimum Gasteiger partial charge on any atom is -0.329 e. The van der Waals surface area contributed by atoms with Crippen LogP contribution in [0.15, 0.2) is 42.5 Å². The first-order valence-electron chi connectivity index (χ1n) is 7.37. The molecule has 0 saturated carbocycles. The molecule has 3 rings (SSSR count). The van der Waals surface area contributed by atoms with Crippen molar-refractivity contribution in [1.29, 1.82) is 0 Å². The Morgan fingerprint density at radius 1 is 1.19 bits per heavy atom. The fourth-order valence-corrected chi connectivity index (χ4v) is 3.49. The molecule has 2 unspecified atom stereocenters. The highest BCUT2D eigenvalue weighted by molar-refractivity contribution is 5.46. The molecule has 1 heterocycles. The van der Waals surface area contributed by atoms with Gasteiger partial charge in [0.2, 0.25) is 0 Å². The molecule has 0 aliphatic carbocycles. The summed E-state index contributed by atoms with van der Waals surface area (Å²) in [4.78, 5) is 2.30. The number of aryl methyl sites for hydroxylation is 1. The smallest absolute Gasteiger partial charge is 0.123 e. The maximum Gasteiger partial charge on any atom is 0.123 e. The first-order chi connectivity index (χ1) is 10.1. The van der Waals surface area contributed by atoms with Gasteiger partial charge in [-0.25, -0.2) is 4.39 Å². The Kier molecular flexibility index (Phi) is 3.79. The minimum absolute atomic E-state index is 0.187. The lowest BCUT2D eigenvalue weighted by molar-refractivity contribution is 0.223. The summed E-state index contributed by atoms with van der Waals surface area (Å²) in [6.07, 6.45) is 0. The van der Waals surface area contributed by atoms with Crippen molar-refractivity contribution in [1.82, 2.24) is 4.90 Å². The van der Waals surface area contributed by atoms with Gasteiger partial charge < -0.3 is 5.73 Å². The van der Waals surface area contributed by atoms with Crippen LogP contribution in [0.25, 0.3) is 0 Å². The van der Waals surface area contributed by atoms with Gasteiger partial charge in [0, 0.05) is 25.0 Å². The Morgan fingerprint density at radius 2 is 1.90 bits per heavy atom. The van der Waals surface area contributed by atoms with Crippen molar-refractivity contribution in [3.8, 4) is 0 Å². The van der Waals surface area contributed by atoms with Crippen LogP contribution >= 0.6 is 0 Å². The molecule has 0 fully saturated rings. The maximum absolute atomic E-state index is 13.2. The Bertz CT molecular complexity index is 636. The van der Waals surface area contributed by atoms with Crippen LogP contribution in [-0.4, -0.2) is 25.0 Å². The van der Waals surface area contributed by atoms with Crippen LogP contribution in [0.5, 0.6) is 0 Å². The van der Waals surface area contributed by atoms with Crippen molar-refractivity contribution in [2.45, 2.75) is 18.9 Å². The van der Waals surface area contributed by atoms with Crippen LogP contribution in [0.2, 0.25) is 0 Å². The second-order valence-corrected chi connectivity index (χ2v) is 5.87. The van der Waals surface area contributed by atoms with E-state index in [1.165, 1.54) is 16.7 Å². The lowest BCUT2D eigenvalue weighted by Crippen LogP contribution is -2.39. The fraction of sp³-hybridized carbons (Fsp3) is 0.333. The van der Waals surface area contributed by atoms with Crippen LogP contribution in [0.4, 0.5) is 4.39 Å². The van der Waals surface area contributed by atoms with Crippen LogP contribution in [0, 0.1) is 12.7 Å². The Labute approximate surface area is 125 Å². The zero-order chi connectivity index (χ0) is 15.0. The van der Waals surface area contributed by atoms with E-state index in [1.54, 1.807) is 12.1 Å². The summed E-state index contributed by atoms with van der Waals surface area (Å²) in [5.41, 5.74) is 11.1. The lowest BCUT2D eigenvalue weighted by atomic mass is 9.79. The van der Waals surface area contributed by atoms with Crippen molar-refractivity contribution in [3.05, 3.63) is 70.5 Å². The molecule has 3 heteroatoms. The highest BCUT2D eigenvalue weighted by Crippen LogP contribution is 2.39. The van der Waals surface area contributed by atoms with Crippen molar-refractivity contribution in [2.75, 3.05) is 20.1 Å². The summed E-state index contributed by atoms with van der Waals surface area (Å²) in [5, 5.41) is 0. The molecule has 0 amide bonds. The second-order valence-electron chi connectivity index (χ2n) is 5.87. The van der Waals surface area contributed by atoms with Crippen molar-refractivity contribution < 1.29 is 4.39 Å². The zero-order valence-corrected chi connectivity index (χ0v) is 12.5. The molecule has 0 aromatic heterocycles. The largest absolute Gasteiger partial charge is 0.329 e. The molecule has 2 aromatic carbocycles. The summed E-state index contributed by atoms with van der Waals surface area (Å²) in [5.74, 6) is 0.0855. The van der Waals surface area contributed by atoms with Gasteiger partial charge in [-0.1, -0.05) is 30.3 Å². The number of halogens is 1. The van der Waals surface area contributed by atoms with E-state index < -0.39 is 0 Å². The van der Waals surface area contributed by atoms with Gasteiger partial charge in [-0.2, -0.15) is 0 Å². The van der Waals surface area contributed by atoms with E-state index in [4.69, 9.17) is 5.73 Å². The molecule has 2 aromatic rings. The molecule has 2 nitrogen and oxygen atoms in total. The van der Waals surface area contributed by atoms with Crippen molar-refractivity contribution in [3.63, 3.8) is 0 Å². The third-order valence-electron chi connectivity index (χ3n) is 4.56. The summed E-state index contributed by atoms with van der Waals surface area (Å²) >= 11 is 0. The van der Waals surface area contributed by atoms with Crippen LogP contribution < -0.4 is 5.73 Å². The van der Waals surface area contributed by atoms with E-state index in [9.17, 15) is 4.39 Å². The number of nitrogens with zero attached hydrogens (tertiary/aromatic N) is 1. The van der Waals surface area contributed by atoms with Gasteiger partial charge in [-0.3, -0.25) is 4.90 Å². The molecule has 0 spiro atoms. The summed E-state index contributed by atoms with van der Waals surface area (Å²) in [6.45, 7) is 3.67. The average Bonchev–Trinajstić information content (AvgIpc) is 2.47. The fourth-order valence-electron chi connectivity index (χ4n) is 3.49. The topological polar surface area (TPSA) is 29.3 Å². The van der Waals surface area contributed by atoms with Crippen LogP contribution in [-0.2, 0) is 0 Å². The van der Waals surface area contributed by atoms with Gasteiger partial charge in [-0.15, -0.1) is 0 Å². The summed E-state index contributed by atoms with van der Waals surface area (Å²) in [7, 11) is 2.11. The molecule has 0 radical (unpaired) electrons. The molecule has 110 valence electrons. The van der Waals surface area contributed by atoms with Gasteiger partial charge in [0.05, 0.1) is 0 Å². The van der Waals surface area contributed by atoms with Gasteiger partial charge in [-0.05, 0) is 48.4 Å². The highest BCUT2D eigenvalue weighted by atomic mass is 19.1. The van der Waals surface area contributed by atoms with E-state index in [0.717, 1.165) is 12.1 Å². The molecule has 21 heavy (non-hydrogen) atoms. The normalized spacial score (nSPS) is 22.1. The Balaban J connectivity index is 2.13. The Hall–Kier alpha value is -1.71. The first kappa shape index (κ1) is 14.2. The first-order valence-corrected chi connectivity index (χ1v) is 7.37. The molecular weight excluding hydrogens is 263 g/mol. The molecule has 0 saturated heterocycles. The Morgan fingerprint density at radius 3 is 2.57 bits per heavy atom. The average molecular weight is 284 g/mol. The predicted octanol–water partition coefficient (Wildman–Crippen LogP) is 3.21. The van der Waals surface area contributed by atoms with E-state index in [-0.39, 0.29) is 17.8 Å². The standard InChI is InChI=1S/C18H21FN2/c1-12-4-3-5-15-17(10-20)21(2)11-16(18(12)15)13-6-8-14(19)9-7-13/h3-9,16-17H,10-11,20H2,1-2H3. The molecule has 2 N–H and O–H groups in total. The van der Waals surface area contributed by atoms with Gasteiger partial charge >= 0.3 is 0 Å². The third kappa shape index (κ3) is 2.47. The maximum atomic E-state index is 13.2. The third-order valence-corrected chi connectivity index (χ3v) is 4.56. The second kappa shape index (κ2) is 5.58. The monoisotopic (exact) mass is 284 g/mol. The van der Waals surface area contributed by atoms with E-state index in [1.807, 2.05) is 12.1 Å². The number of likely N-dealkylation sites (N-methyl/N-ethyl adjacent to an activating group) is 1. The van der Waals surface area contributed by atoms with E-state index >= 15 is 0 Å². The number of nitrogens with two attached hydrogens (primary N) is 1. The van der Waals surface area contributed by atoms with Crippen molar-refractivity contribution >= 4 is 0 Å². The molecular formula is C18H21FN2. The lowest BCUT2D eigenvalue weighted by Gasteiger charge is -2.39. The molecule has 1 aliphatic heterocycles. The number of hydrogen-bond acceptors (Lipinski definition) is 2. The van der Waals surface area contributed by atoms with E-state index in [0.29, 0.717) is 6.54 Å². The minimum atomic E-state index is -0.187. The SMILES string of the molecule is Cc1cccc2c1C(c1ccc(F)cc1)CN(C)C2CN.